The Morgan fingerprint density at radius 2 is 2.10 bits per heavy atom. The number of nitrogens with zero attached hydrogens (tertiary/aromatic N) is 4. The molecule has 1 saturated carbocycles. The van der Waals surface area contributed by atoms with Gasteiger partial charge in [-0.2, -0.15) is 18.4 Å². The molecule has 0 unspecified atom stereocenters. The van der Waals surface area contributed by atoms with E-state index in [0.717, 1.165) is 30.5 Å². The molecule has 2 aromatic rings. The number of benzene rings is 1. The van der Waals surface area contributed by atoms with Gasteiger partial charge in [-0.05, 0) is 48.4 Å². The molecule has 1 spiro atoms. The van der Waals surface area contributed by atoms with E-state index in [-0.39, 0.29) is 11.3 Å². The molecule has 4 rings (SSSR count). The molecule has 154 valence electrons. The number of rotatable bonds is 3. The third kappa shape index (κ3) is 3.88. The minimum Gasteiger partial charge on any atom is -0.289 e. The number of alkyl halides is 3. The number of carbonyl (C=O) groups excluding carboxylic acids is 1. The van der Waals surface area contributed by atoms with Crippen molar-refractivity contribution in [3.63, 3.8) is 0 Å². The normalized spacial score (nSPS) is 16.4. The number of hydrogen-bond donors (Lipinski definition) is 2. The van der Waals surface area contributed by atoms with E-state index in [9.17, 15) is 23.2 Å². The zero-order chi connectivity index (χ0) is 21.5. The summed E-state index contributed by atoms with van der Waals surface area (Å²) in [4.78, 5) is 16.5. The number of hydrogen-bond acceptors (Lipinski definition) is 8. The van der Waals surface area contributed by atoms with E-state index >= 15 is 0 Å². The number of thioether (sulfide) groups is 2. The van der Waals surface area contributed by atoms with Crippen molar-refractivity contribution in [2.45, 2.75) is 35.3 Å². The first-order valence-corrected chi connectivity index (χ1v) is 10.5. The fourth-order valence-corrected chi connectivity index (χ4v) is 5.24. The van der Waals surface area contributed by atoms with Crippen LogP contribution in [-0.4, -0.2) is 20.5 Å². The topological polar surface area (TPSA) is 117 Å². The van der Waals surface area contributed by atoms with Gasteiger partial charge in [0.2, 0.25) is 0 Å². The van der Waals surface area contributed by atoms with Gasteiger partial charge in [0.1, 0.15) is 9.40 Å². The van der Waals surface area contributed by atoms with E-state index in [1.165, 1.54) is 29.6 Å². The molecule has 7 nitrogen and oxygen atoms in total. The van der Waals surface area contributed by atoms with E-state index in [1.807, 2.05) is 11.5 Å². The van der Waals surface area contributed by atoms with E-state index in [4.69, 9.17) is 10.8 Å². The molecule has 1 aliphatic heterocycles. The number of halogens is 3. The van der Waals surface area contributed by atoms with Crippen LogP contribution in [-0.2, 0) is 17.5 Å². The Hall–Kier alpha value is -2.62. The predicted molar refractivity (Wildman–Crippen MR) is 105 cm³/mol. The van der Waals surface area contributed by atoms with Crippen LogP contribution in [0.25, 0.3) is 0 Å². The highest BCUT2D eigenvalue weighted by Gasteiger charge is 2.49. The number of nitrogen functional groups attached to an aromatic ring is 1. The lowest BCUT2D eigenvalue weighted by molar-refractivity contribution is -0.137. The van der Waals surface area contributed by atoms with Gasteiger partial charge in [-0.25, -0.2) is 5.84 Å². The Bertz CT molecular complexity index is 1110. The quantitative estimate of drug-likeness (QED) is 0.418. The minimum absolute atomic E-state index is 0.0162. The Morgan fingerprint density at radius 1 is 1.33 bits per heavy atom. The Balaban J connectivity index is 1.54. The van der Waals surface area contributed by atoms with Crippen molar-refractivity contribution in [3.8, 4) is 6.07 Å². The van der Waals surface area contributed by atoms with E-state index in [1.54, 1.807) is 6.07 Å². The summed E-state index contributed by atoms with van der Waals surface area (Å²) < 4.78 is 39.3. The maximum atomic E-state index is 12.9. The highest BCUT2D eigenvalue weighted by molar-refractivity contribution is 8.38. The van der Waals surface area contributed by atoms with Gasteiger partial charge in [0.25, 0.3) is 5.91 Å². The summed E-state index contributed by atoms with van der Waals surface area (Å²) in [5, 5.41) is 17.9. The van der Waals surface area contributed by atoms with Gasteiger partial charge in [0.15, 0.2) is 5.69 Å². The van der Waals surface area contributed by atoms with Crippen LogP contribution in [0.3, 0.4) is 0 Å². The fourth-order valence-electron chi connectivity index (χ4n) is 3.00. The molecule has 0 bridgehead atoms. The second-order valence-electron chi connectivity index (χ2n) is 6.70. The molecule has 1 aromatic carbocycles. The zero-order valence-corrected chi connectivity index (χ0v) is 16.8. The monoisotopic (exact) mass is 450 g/mol. The summed E-state index contributed by atoms with van der Waals surface area (Å²) in [6, 6.07) is 6.62. The van der Waals surface area contributed by atoms with Crippen LogP contribution in [0.1, 0.15) is 45.6 Å². The van der Waals surface area contributed by atoms with Crippen LogP contribution in [0.5, 0.6) is 0 Å². The number of nitrogens with one attached hydrogen (secondary N) is 1. The first-order chi connectivity index (χ1) is 14.3. The molecule has 0 atom stereocenters. The first kappa shape index (κ1) is 20.6. The minimum atomic E-state index is -4.50. The van der Waals surface area contributed by atoms with Crippen molar-refractivity contribution in [3.05, 3.63) is 52.2 Å². The molecule has 0 saturated heterocycles. The third-order valence-corrected chi connectivity index (χ3v) is 6.90. The van der Waals surface area contributed by atoms with Crippen LogP contribution in [0.15, 0.2) is 34.3 Å². The maximum Gasteiger partial charge on any atom is 0.416 e. The van der Waals surface area contributed by atoms with Crippen LogP contribution in [0.2, 0.25) is 0 Å². The fraction of sp³-hybridized carbons (Fsp3) is 0.278. The SMILES string of the molecule is N#Cc1cc(C(F)(F)F)ccc1CSC1=NC2(CC2)c2cc(C(=O)NN)nnc2S1. The maximum absolute atomic E-state index is 12.9. The highest BCUT2D eigenvalue weighted by Crippen LogP contribution is 2.56. The summed E-state index contributed by atoms with van der Waals surface area (Å²) in [5.41, 5.74) is 2.12. The lowest BCUT2D eigenvalue weighted by atomic mass is 10.1. The third-order valence-electron chi connectivity index (χ3n) is 4.75. The van der Waals surface area contributed by atoms with Gasteiger partial charge in [0, 0.05) is 11.3 Å². The molecule has 1 fully saturated rings. The average molecular weight is 450 g/mol. The van der Waals surface area contributed by atoms with Gasteiger partial charge < -0.3 is 0 Å². The molecule has 1 amide bonds. The van der Waals surface area contributed by atoms with Crippen molar-refractivity contribution in [1.29, 1.82) is 5.26 Å². The molecule has 2 aliphatic rings. The molecule has 30 heavy (non-hydrogen) atoms. The molecule has 1 aromatic heterocycles. The molecule has 0 radical (unpaired) electrons. The molecule has 2 heterocycles. The van der Waals surface area contributed by atoms with Gasteiger partial charge in [0.05, 0.1) is 22.7 Å². The van der Waals surface area contributed by atoms with Gasteiger partial charge in [-0.1, -0.05) is 17.8 Å². The van der Waals surface area contributed by atoms with Crippen LogP contribution >= 0.6 is 23.5 Å². The van der Waals surface area contributed by atoms with E-state index in [0.29, 0.717) is 20.7 Å². The van der Waals surface area contributed by atoms with Crippen molar-refractivity contribution < 1.29 is 18.0 Å². The van der Waals surface area contributed by atoms with Crippen molar-refractivity contribution in [2.75, 3.05) is 0 Å². The number of fused-ring (bicyclic) bond motifs is 2. The molecule has 12 heteroatoms. The smallest absolute Gasteiger partial charge is 0.289 e. The number of hydrazine groups is 1. The van der Waals surface area contributed by atoms with Gasteiger partial charge >= 0.3 is 6.18 Å². The second-order valence-corrected chi connectivity index (χ2v) is 8.90. The summed E-state index contributed by atoms with van der Waals surface area (Å²) in [6.45, 7) is 0. The standard InChI is InChI=1S/C18H13F3N6OS2/c19-18(20,21)11-2-1-9(10(5-11)7-22)8-29-16-24-17(3-4-17)12-6-13(14(28)25-23)26-27-15(12)30-16/h1-2,5-6H,3-4,8,23H2,(H,25,28). The van der Waals surface area contributed by atoms with E-state index in [2.05, 4.69) is 10.2 Å². The summed E-state index contributed by atoms with van der Waals surface area (Å²) in [5.74, 6) is 4.90. The second kappa shape index (κ2) is 7.57. The molecular formula is C18H13F3N6OS2. The Kier molecular flexibility index (Phi) is 5.21. The number of nitrogens with two attached hydrogens (primary N) is 1. The lowest BCUT2D eigenvalue weighted by Crippen LogP contribution is -2.31. The summed E-state index contributed by atoms with van der Waals surface area (Å²) in [7, 11) is 0. The van der Waals surface area contributed by atoms with Crippen molar-refractivity contribution in [2.24, 2.45) is 10.8 Å². The number of aliphatic imine (C=N–C) groups is 1. The number of amides is 1. The van der Waals surface area contributed by atoms with Crippen LogP contribution < -0.4 is 11.3 Å². The van der Waals surface area contributed by atoms with Crippen molar-refractivity contribution >= 4 is 33.8 Å². The summed E-state index contributed by atoms with van der Waals surface area (Å²) in [6.07, 6.45) is -2.91. The number of aromatic nitrogens is 2. The number of nitriles is 1. The molecular weight excluding hydrogens is 437 g/mol. The van der Waals surface area contributed by atoms with Crippen LogP contribution in [0, 0.1) is 11.3 Å². The van der Waals surface area contributed by atoms with E-state index < -0.39 is 23.2 Å². The van der Waals surface area contributed by atoms with Crippen molar-refractivity contribution in [1.82, 2.24) is 15.6 Å². The summed E-state index contributed by atoms with van der Waals surface area (Å²) >= 11 is 2.61. The Morgan fingerprint density at radius 3 is 2.73 bits per heavy atom. The number of carbonyl (C=O) groups is 1. The van der Waals surface area contributed by atoms with Gasteiger partial charge in [-0.3, -0.25) is 15.2 Å². The molecule has 3 N–H and O–H groups in total. The van der Waals surface area contributed by atoms with Crippen LogP contribution in [0.4, 0.5) is 13.2 Å². The average Bonchev–Trinajstić information content (AvgIpc) is 3.50. The van der Waals surface area contributed by atoms with Gasteiger partial charge in [-0.15, -0.1) is 10.2 Å². The highest BCUT2D eigenvalue weighted by atomic mass is 32.2. The lowest BCUT2D eigenvalue weighted by Gasteiger charge is -2.21. The zero-order valence-electron chi connectivity index (χ0n) is 15.2. The largest absolute Gasteiger partial charge is 0.416 e. The predicted octanol–water partition coefficient (Wildman–Crippen LogP) is 3.35. The Labute approximate surface area is 177 Å². The first-order valence-electron chi connectivity index (χ1n) is 8.65. The molecule has 1 aliphatic carbocycles.